The van der Waals surface area contributed by atoms with E-state index in [1.54, 1.807) is 6.20 Å². The molecule has 27 heavy (non-hydrogen) atoms. The maximum atomic E-state index is 9.51. The molecule has 3 rings (SSSR count). The van der Waals surface area contributed by atoms with Crippen LogP contribution in [-0.2, 0) is 0 Å². The molecule has 138 valence electrons. The summed E-state index contributed by atoms with van der Waals surface area (Å²) in [6.45, 7) is 3.92. The maximum absolute atomic E-state index is 9.51. The maximum Gasteiger partial charge on any atom is 0.0658 e. The van der Waals surface area contributed by atoms with E-state index in [0.717, 1.165) is 27.9 Å². The molecule has 0 radical (unpaired) electrons. The molecule has 0 aliphatic rings. The first-order chi connectivity index (χ1) is 13.0. The van der Waals surface area contributed by atoms with Gasteiger partial charge in [-0.1, -0.05) is 47.1 Å². The minimum absolute atomic E-state index is 0.137. The van der Waals surface area contributed by atoms with E-state index in [-0.39, 0.29) is 5.92 Å². The van der Waals surface area contributed by atoms with Gasteiger partial charge in [0.15, 0.2) is 0 Å². The molecule has 0 fully saturated rings. The van der Waals surface area contributed by atoms with E-state index in [2.05, 4.69) is 70.5 Å². The lowest BCUT2D eigenvalue weighted by molar-refractivity contribution is 0.317. The van der Waals surface area contributed by atoms with Crippen LogP contribution in [0.25, 0.3) is 11.1 Å². The molecule has 0 bridgehead atoms. The molecule has 1 atom stereocenters. The zero-order valence-electron chi connectivity index (χ0n) is 16.2. The lowest BCUT2D eigenvalue weighted by Crippen LogP contribution is -2.13. The first-order valence-electron chi connectivity index (χ1n) is 8.98. The van der Waals surface area contributed by atoms with Crippen molar-refractivity contribution >= 4 is 11.4 Å². The van der Waals surface area contributed by atoms with E-state index in [1.807, 2.05) is 33.3 Å². The third-order valence-electron chi connectivity index (χ3n) is 4.85. The summed E-state index contributed by atoms with van der Waals surface area (Å²) in [5, 5.41) is 13.0. The topological polar surface area (TPSA) is 48.7 Å². The number of hydrogen-bond donors (Lipinski definition) is 1. The molecule has 0 saturated carbocycles. The van der Waals surface area contributed by atoms with Crippen LogP contribution in [0, 0.1) is 6.92 Å². The summed E-state index contributed by atoms with van der Waals surface area (Å²) in [5.74, 6) is -0.137. The predicted molar refractivity (Wildman–Crippen MR) is 112 cm³/mol. The van der Waals surface area contributed by atoms with Gasteiger partial charge in [0.1, 0.15) is 0 Å². The second-order valence-electron chi connectivity index (χ2n) is 6.99. The number of aromatic nitrogens is 1. The summed E-state index contributed by atoms with van der Waals surface area (Å²) < 4.78 is 0. The van der Waals surface area contributed by atoms with Gasteiger partial charge in [0, 0.05) is 37.7 Å². The highest BCUT2D eigenvalue weighted by atomic mass is 16.4. The number of pyridine rings is 1. The van der Waals surface area contributed by atoms with Crippen molar-refractivity contribution in [3.8, 4) is 11.1 Å². The smallest absolute Gasteiger partial charge is 0.0658 e. The average Bonchev–Trinajstić information content (AvgIpc) is 2.70. The van der Waals surface area contributed by atoms with Crippen molar-refractivity contribution in [2.45, 2.75) is 19.8 Å². The van der Waals surface area contributed by atoms with Crippen molar-refractivity contribution < 1.29 is 5.21 Å². The highest BCUT2D eigenvalue weighted by Gasteiger charge is 2.22. The van der Waals surface area contributed by atoms with Crippen LogP contribution in [0.5, 0.6) is 0 Å². The van der Waals surface area contributed by atoms with Gasteiger partial charge in [0.05, 0.1) is 11.6 Å². The largest absolute Gasteiger partial charge is 0.411 e. The van der Waals surface area contributed by atoms with Crippen molar-refractivity contribution in [1.82, 2.24) is 4.98 Å². The monoisotopic (exact) mass is 359 g/mol. The summed E-state index contributed by atoms with van der Waals surface area (Å²) in [6, 6.07) is 18.8. The predicted octanol–water partition coefficient (Wildman–Crippen LogP) is 5.11. The van der Waals surface area contributed by atoms with Gasteiger partial charge < -0.3 is 10.1 Å². The van der Waals surface area contributed by atoms with Gasteiger partial charge in [-0.3, -0.25) is 4.98 Å². The third kappa shape index (κ3) is 4.00. The Bertz CT molecular complexity index is 929. The van der Waals surface area contributed by atoms with E-state index in [0.29, 0.717) is 5.71 Å². The highest BCUT2D eigenvalue weighted by Crippen LogP contribution is 2.34. The van der Waals surface area contributed by atoms with Crippen LogP contribution in [0.3, 0.4) is 0 Å². The molecule has 0 aliphatic carbocycles. The van der Waals surface area contributed by atoms with Gasteiger partial charge in [-0.05, 0) is 48.7 Å². The van der Waals surface area contributed by atoms with Crippen LogP contribution >= 0.6 is 0 Å². The van der Waals surface area contributed by atoms with Gasteiger partial charge in [-0.15, -0.1) is 0 Å². The van der Waals surface area contributed by atoms with Crippen LogP contribution in [0.15, 0.2) is 72.1 Å². The quantitative estimate of drug-likeness (QED) is 0.391. The fourth-order valence-electron chi connectivity index (χ4n) is 3.30. The summed E-state index contributed by atoms with van der Waals surface area (Å²) in [6.07, 6.45) is 3.67. The molecule has 1 heterocycles. The molecular weight excluding hydrogens is 334 g/mol. The molecule has 0 aliphatic heterocycles. The van der Waals surface area contributed by atoms with Crippen LogP contribution in [0.2, 0.25) is 0 Å². The number of nitrogens with zero attached hydrogens (tertiary/aromatic N) is 3. The van der Waals surface area contributed by atoms with Crippen molar-refractivity contribution in [3.63, 3.8) is 0 Å². The molecule has 1 unspecified atom stereocenters. The normalized spacial score (nSPS) is 12.7. The fourth-order valence-corrected chi connectivity index (χ4v) is 3.30. The van der Waals surface area contributed by atoms with Crippen molar-refractivity contribution in [1.29, 1.82) is 0 Å². The second-order valence-corrected chi connectivity index (χ2v) is 6.99. The first-order valence-corrected chi connectivity index (χ1v) is 8.98. The van der Waals surface area contributed by atoms with Gasteiger partial charge in [0.2, 0.25) is 0 Å². The lowest BCUT2D eigenvalue weighted by atomic mass is 9.84. The minimum atomic E-state index is -0.137. The summed E-state index contributed by atoms with van der Waals surface area (Å²) in [4.78, 5) is 6.42. The van der Waals surface area contributed by atoms with Crippen LogP contribution in [0.4, 0.5) is 5.69 Å². The van der Waals surface area contributed by atoms with E-state index < -0.39 is 0 Å². The number of benzene rings is 2. The average molecular weight is 359 g/mol. The SMILES string of the molecule is C/C(=N\O)C(c1ccc(C)cc1)c1ccncc1-c1ccc(N(C)C)cc1. The first kappa shape index (κ1) is 18.6. The van der Waals surface area contributed by atoms with Crippen molar-refractivity contribution in [3.05, 3.63) is 83.7 Å². The summed E-state index contributed by atoms with van der Waals surface area (Å²) in [7, 11) is 4.05. The highest BCUT2D eigenvalue weighted by molar-refractivity contribution is 5.93. The molecule has 0 amide bonds. The van der Waals surface area contributed by atoms with Crippen molar-refractivity contribution in [2.24, 2.45) is 5.16 Å². The van der Waals surface area contributed by atoms with Gasteiger partial charge in [-0.2, -0.15) is 0 Å². The Balaban J connectivity index is 2.12. The molecule has 1 N–H and O–H groups in total. The Morgan fingerprint density at radius 3 is 2.26 bits per heavy atom. The van der Waals surface area contributed by atoms with E-state index in [9.17, 15) is 5.21 Å². The van der Waals surface area contributed by atoms with Gasteiger partial charge in [0.25, 0.3) is 0 Å². The van der Waals surface area contributed by atoms with E-state index >= 15 is 0 Å². The van der Waals surface area contributed by atoms with E-state index in [4.69, 9.17) is 0 Å². The molecule has 4 nitrogen and oxygen atoms in total. The van der Waals surface area contributed by atoms with Gasteiger partial charge >= 0.3 is 0 Å². The molecule has 2 aromatic carbocycles. The molecule has 3 aromatic rings. The Kier molecular flexibility index (Phi) is 5.55. The van der Waals surface area contributed by atoms with Gasteiger partial charge in [-0.25, -0.2) is 0 Å². The Morgan fingerprint density at radius 1 is 1.00 bits per heavy atom. The summed E-state index contributed by atoms with van der Waals surface area (Å²) >= 11 is 0. The van der Waals surface area contributed by atoms with Crippen LogP contribution < -0.4 is 4.90 Å². The standard InChI is InChI=1S/C23H25N3O/c1-16-5-7-19(8-6-16)23(17(2)25-27)21-13-14-24-15-22(21)18-9-11-20(12-10-18)26(3)4/h5-15,23,27H,1-4H3/b25-17+. The zero-order chi connectivity index (χ0) is 19.4. The number of hydrogen-bond acceptors (Lipinski definition) is 4. The number of aryl methyl sites for hydroxylation is 1. The Hall–Kier alpha value is -3.14. The Morgan fingerprint density at radius 2 is 1.67 bits per heavy atom. The summed E-state index contributed by atoms with van der Waals surface area (Å²) in [5.41, 5.74) is 7.28. The molecular formula is C23H25N3O. The molecule has 4 heteroatoms. The minimum Gasteiger partial charge on any atom is -0.411 e. The molecule has 0 saturated heterocycles. The number of oxime groups is 1. The molecule has 0 spiro atoms. The molecule has 1 aromatic heterocycles. The van der Waals surface area contributed by atoms with E-state index in [1.165, 1.54) is 5.56 Å². The van der Waals surface area contributed by atoms with Crippen LogP contribution in [0.1, 0.15) is 29.5 Å². The van der Waals surface area contributed by atoms with Crippen LogP contribution in [-0.4, -0.2) is 30.0 Å². The zero-order valence-corrected chi connectivity index (χ0v) is 16.2. The lowest BCUT2D eigenvalue weighted by Gasteiger charge is -2.21. The number of rotatable bonds is 5. The second kappa shape index (κ2) is 8.04. The van der Waals surface area contributed by atoms with Crippen molar-refractivity contribution in [2.75, 3.05) is 19.0 Å². The Labute approximate surface area is 160 Å². The fraction of sp³-hybridized carbons (Fsp3) is 0.217. The third-order valence-corrected chi connectivity index (χ3v) is 4.85. The number of anilines is 1.